The van der Waals surface area contributed by atoms with Crippen molar-refractivity contribution in [1.82, 2.24) is 4.98 Å². The van der Waals surface area contributed by atoms with Crippen LogP contribution in [0.5, 0.6) is 5.88 Å². The Kier molecular flexibility index (Phi) is 6.88. The average molecular weight is 246 g/mol. The number of rotatable bonds is 8. The molecule has 0 fully saturated rings. The molecule has 16 heavy (non-hydrogen) atoms. The minimum absolute atomic E-state index is 0.585. The van der Waals surface area contributed by atoms with Gasteiger partial charge in [-0.05, 0) is 6.07 Å². The van der Waals surface area contributed by atoms with Crippen LogP contribution in [0.3, 0.4) is 0 Å². The van der Waals surface area contributed by atoms with E-state index >= 15 is 0 Å². The van der Waals surface area contributed by atoms with E-state index in [4.69, 9.17) is 25.8 Å². The summed E-state index contributed by atoms with van der Waals surface area (Å²) >= 11 is 5.69. The van der Waals surface area contributed by atoms with Crippen LogP contribution in [0.25, 0.3) is 0 Å². The van der Waals surface area contributed by atoms with Gasteiger partial charge in [0, 0.05) is 32.4 Å². The van der Waals surface area contributed by atoms with Crippen molar-refractivity contribution >= 4 is 11.6 Å². The van der Waals surface area contributed by atoms with Crippen LogP contribution in [0.2, 0.25) is 5.02 Å². The molecule has 0 aliphatic heterocycles. The standard InChI is InChI=1S/C11H16ClNO3/c1-14-7-8-15-5-2-6-16-11-4-3-10(12)9-13-11/h3-4,9H,2,5-8H2,1H3. The van der Waals surface area contributed by atoms with E-state index in [0.29, 0.717) is 37.3 Å². The molecule has 0 atom stereocenters. The number of aromatic nitrogens is 1. The van der Waals surface area contributed by atoms with Crippen molar-refractivity contribution in [3.63, 3.8) is 0 Å². The number of nitrogens with zero attached hydrogens (tertiary/aromatic N) is 1. The lowest BCUT2D eigenvalue weighted by Crippen LogP contribution is -2.07. The minimum atomic E-state index is 0.585. The van der Waals surface area contributed by atoms with Gasteiger partial charge in [0.15, 0.2) is 0 Å². The first kappa shape index (κ1) is 13.2. The van der Waals surface area contributed by atoms with Crippen LogP contribution >= 0.6 is 11.6 Å². The first-order valence-corrected chi connectivity index (χ1v) is 5.52. The second-order valence-corrected chi connectivity index (χ2v) is 3.56. The van der Waals surface area contributed by atoms with Crippen LogP contribution in [0, 0.1) is 0 Å². The zero-order valence-electron chi connectivity index (χ0n) is 9.32. The van der Waals surface area contributed by atoms with Crippen LogP contribution in [-0.2, 0) is 9.47 Å². The number of halogens is 1. The second kappa shape index (κ2) is 8.33. The molecule has 1 aromatic rings. The Labute approximate surface area is 100 Å². The Hall–Kier alpha value is -0.840. The molecule has 0 aliphatic rings. The molecule has 0 aromatic carbocycles. The lowest BCUT2D eigenvalue weighted by molar-refractivity contribution is 0.0642. The van der Waals surface area contributed by atoms with Crippen LogP contribution in [0.4, 0.5) is 0 Å². The van der Waals surface area contributed by atoms with E-state index in [1.165, 1.54) is 0 Å². The summed E-state index contributed by atoms with van der Waals surface area (Å²) in [6.07, 6.45) is 2.39. The summed E-state index contributed by atoms with van der Waals surface area (Å²) in [7, 11) is 1.65. The topological polar surface area (TPSA) is 40.6 Å². The quantitative estimate of drug-likeness (QED) is 0.658. The van der Waals surface area contributed by atoms with E-state index in [0.717, 1.165) is 6.42 Å². The van der Waals surface area contributed by atoms with Crippen LogP contribution in [-0.4, -0.2) is 38.5 Å². The van der Waals surface area contributed by atoms with Crippen molar-refractivity contribution in [2.24, 2.45) is 0 Å². The van der Waals surface area contributed by atoms with E-state index in [2.05, 4.69) is 4.98 Å². The van der Waals surface area contributed by atoms with Crippen molar-refractivity contribution in [3.05, 3.63) is 23.4 Å². The second-order valence-electron chi connectivity index (χ2n) is 3.12. The number of methoxy groups -OCH3 is 1. The smallest absolute Gasteiger partial charge is 0.213 e. The Balaban J connectivity index is 2.01. The zero-order valence-corrected chi connectivity index (χ0v) is 10.1. The number of pyridine rings is 1. The molecule has 5 heteroatoms. The van der Waals surface area contributed by atoms with Crippen molar-refractivity contribution in [1.29, 1.82) is 0 Å². The monoisotopic (exact) mass is 245 g/mol. The van der Waals surface area contributed by atoms with Gasteiger partial charge in [-0.2, -0.15) is 0 Å². The fourth-order valence-electron chi connectivity index (χ4n) is 1.03. The van der Waals surface area contributed by atoms with Crippen molar-refractivity contribution < 1.29 is 14.2 Å². The molecule has 0 saturated heterocycles. The van der Waals surface area contributed by atoms with Gasteiger partial charge in [-0.25, -0.2) is 4.98 Å². The molecule has 1 heterocycles. The summed E-state index contributed by atoms with van der Waals surface area (Å²) in [5.74, 6) is 0.585. The number of ether oxygens (including phenoxy) is 3. The highest BCUT2D eigenvalue weighted by Gasteiger charge is 1.95. The van der Waals surface area contributed by atoms with Crippen LogP contribution < -0.4 is 4.74 Å². The predicted octanol–water partition coefficient (Wildman–Crippen LogP) is 2.17. The van der Waals surface area contributed by atoms with Crippen LogP contribution in [0.15, 0.2) is 18.3 Å². The first-order valence-electron chi connectivity index (χ1n) is 5.14. The number of hydrogen-bond acceptors (Lipinski definition) is 4. The van der Waals surface area contributed by atoms with E-state index in [1.807, 2.05) is 0 Å². The molecule has 0 saturated carbocycles. The van der Waals surface area contributed by atoms with Gasteiger partial charge in [0.1, 0.15) is 0 Å². The Morgan fingerprint density at radius 1 is 1.19 bits per heavy atom. The summed E-state index contributed by atoms with van der Waals surface area (Å²) < 4.78 is 15.5. The summed E-state index contributed by atoms with van der Waals surface area (Å²) in [5, 5.41) is 0.607. The minimum Gasteiger partial charge on any atom is -0.478 e. The van der Waals surface area contributed by atoms with Gasteiger partial charge in [-0.15, -0.1) is 0 Å². The van der Waals surface area contributed by atoms with Crippen molar-refractivity contribution in [3.8, 4) is 5.88 Å². The molecule has 0 bridgehead atoms. The summed E-state index contributed by atoms with van der Waals surface area (Å²) in [4.78, 5) is 4.01. The molecule has 0 amide bonds. The van der Waals surface area contributed by atoms with E-state index < -0.39 is 0 Å². The molecule has 0 spiro atoms. The fraction of sp³-hybridized carbons (Fsp3) is 0.545. The van der Waals surface area contributed by atoms with E-state index in [-0.39, 0.29) is 0 Å². The third-order valence-electron chi connectivity index (χ3n) is 1.82. The fourth-order valence-corrected chi connectivity index (χ4v) is 1.14. The normalized spacial score (nSPS) is 10.4. The maximum Gasteiger partial charge on any atom is 0.213 e. The highest BCUT2D eigenvalue weighted by Crippen LogP contribution is 2.11. The third-order valence-corrected chi connectivity index (χ3v) is 2.04. The largest absolute Gasteiger partial charge is 0.478 e. The molecule has 90 valence electrons. The van der Waals surface area contributed by atoms with Crippen molar-refractivity contribution in [2.45, 2.75) is 6.42 Å². The number of hydrogen-bond donors (Lipinski definition) is 0. The van der Waals surface area contributed by atoms with Gasteiger partial charge >= 0.3 is 0 Å². The van der Waals surface area contributed by atoms with Gasteiger partial charge in [0.2, 0.25) is 5.88 Å². The van der Waals surface area contributed by atoms with E-state index in [9.17, 15) is 0 Å². The predicted molar refractivity (Wildman–Crippen MR) is 62.1 cm³/mol. The SMILES string of the molecule is COCCOCCCOc1ccc(Cl)cn1. The van der Waals surface area contributed by atoms with Gasteiger partial charge in [-0.3, -0.25) is 0 Å². The molecule has 1 rings (SSSR count). The van der Waals surface area contributed by atoms with Gasteiger partial charge in [0.05, 0.1) is 24.8 Å². The van der Waals surface area contributed by atoms with Crippen molar-refractivity contribution in [2.75, 3.05) is 33.5 Å². The van der Waals surface area contributed by atoms with Gasteiger partial charge < -0.3 is 14.2 Å². The Morgan fingerprint density at radius 3 is 2.75 bits per heavy atom. The highest BCUT2D eigenvalue weighted by atomic mass is 35.5. The molecule has 0 N–H and O–H groups in total. The summed E-state index contributed by atoms with van der Waals surface area (Å²) in [6, 6.07) is 3.49. The molecule has 1 aromatic heterocycles. The summed E-state index contributed by atoms with van der Waals surface area (Å²) in [5.41, 5.74) is 0. The zero-order chi connectivity index (χ0) is 11.6. The lowest BCUT2D eigenvalue weighted by atomic mass is 10.4. The highest BCUT2D eigenvalue weighted by molar-refractivity contribution is 6.30. The molecule has 0 aliphatic carbocycles. The maximum atomic E-state index is 5.69. The molecular formula is C11H16ClNO3. The molecular weight excluding hydrogens is 230 g/mol. The lowest BCUT2D eigenvalue weighted by Gasteiger charge is -2.05. The molecule has 4 nitrogen and oxygen atoms in total. The average Bonchev–Trinajstić information content (AvgIpc) is 2.30. The van der Waals surface area contributed by atoms with Gasteiger partial charge in [0.25, 0.3) is 0 Å². The maximum absolute atomic E-state index is 5.69. The van der Waals surface area contributed by atoms with Crippen LogP contribution in [0.1, 0.15) is 6.42 Å². The molecule has 0 radical (unpaired) electrons. The van der Waals surface area contributed by atoms with Gasteiger partial charge in [-0.1, -0.05) is 11.6 Å². The Morgan fingerprint density at radius 2 is 2.06 bits per heavy atom. The van der Waals surface area contributed by atoms with E-state index in [1.54, 1.807) is 25.4 Å². The summed E-state index contributed by atoms with van der Waals surface area (Å²) in [6.45, 7) is 2.49. The molecule has 0 unspecified atom stereocenters. The first-order chi connectivity index (χ1) is 7.83. The Bertz CT molecular complexity index is 279. The third kappa shape index (κ3) is 5.90.